The SMILES string of the molecule is C=Cc1cnn(CCC(=O)OC)c(=O)c1. The van der Waals surface area contributed by atoms with Crippen LogP contribution in [0.25, 0.3) is 6.08 Å². The van der Waals surface area contributed by atoms with Crippen LogP contribution in [-0.4, -0.2) is 22.9 Å². The molecule has 0 N–H and O–H groups in total. The highest BCUT2D eigenvalue weighted by molar-refractivity contribution is 5.68. The van der Waals surface area contributed by atoms with Gasteiger partial charge in [0, 0.05) is 6.07 Å². The molecule has 1 rings (SSSR count). The summed E-state index contributed by atoms with van der Waals surface area (Å²) in [5, 5.41) is 3.88. The van der Waals surface area contributed by atoms with Crippen LogP contribution >= 0.6 is 0 Å². The van der Waals surface area contributed by atoms with E-state index in [1.807, 2.05) is 0 Å². The van der Waals surface area contributed by atoms with Gasteiger partial charge in [-0.15, -0.1) is 0 Å². The van der Waals surface area contributed by atoms with Crippen molar-refractivity contribution in [3.8, 4) is 0 Å². The van der Waals surface area contributed by atoms with Crippen molar-refractivity contribution in [3.63, 3.8) is 0 Å². The molecule has 0 aliphatic carbocycles. The Morgan fingerprint density at radius 1 is 1.73 bits per heavy atom. The third kappa shape index (κ3) is 3.05. The average Bonchev–Trinajstić information content (AvgIpc) is 2.26. The van der Waals surface area contributed by atoms with Crippen LogP contribution in [0.3, 0.4) is 0 Å². The Hall–Kier alpha value is -1.91. The van der Waals surface area contributed by atoms with Crippen molar-refractivity contribution >= 4 is 12.0 Å². The van der Waals surface area contributed by atoms with Crippen LogP contribution < -0.4 is 5.56 Å². The van der Waals surface area contributed by atoms with Gasteiger partial charge in [-0.25, -0.2) is 4.68 Å². The maximum absolute atomic E-state index is 11.4. The largest absolute Gasteiger partial charge is 0.469 e. The molecule has 0 aromatic carbocycles. The van der Waals surface area contributed by atoms with Gasteiger partial charge in [0.25, 0.3) is 5.56 Å². The third-order valence-corrected chi connectivity index (χ3v) is 1.88. The first kappa shape index (κ1) is 11.2. The van der Waals surface area contributed by atoms with Gasteiger partial charge in [0.05, 0.1) is 26.3 Å². The second-order valence-corrected chi connectivity index (χ2v) is 2.88. The molecule has 1 aromatic rings. The molecule has 0 radical (unpaired) electrons. The first-order valence-electron chi connectivity index (χ1n) is 4.44. The summed E-state index contributed by atoms with van der Waals surface area (Å²) < 4.78 is 5.67. The van der Waals surface area contributed by atoms with E-state index < -0.39 is 0 Å². The molecule has 0 spiro atoms. The standard InChI is InChI=1S/C10H12N2O3/c1-3-8-6-9(13)12(11-7-8)5-4-10(14)15-2/h3,6-7H,1,4-5H2,2H3. The quantitative estimate of drug-likeness (QED) is 0.674. The van der Waals surface area contributed by atoms with E-state index in [1.165, 1.54) is 24.1 Å². The average molecular weight is 208 g/mol. The second kappa shape index (κ2) is 5.09. The number of aromatic nitrogens is 2. The summed E-state index contributed by atoms with van der Waals surface area (Å²) in [6, 6.07) is 1.41. The van der Waals surface area contributed by atoms with Crippen LogP contribution in [-0.2, 0) is 16.1 Å². The molecule has 0 fully saturated rings. The van der Waals surface area contributed by atoms with Gasteiger partial charge in [-0.1, -0.05) is 12.7 Å². The number of carbonyl (C=O) groups excluding carboxylic acids is 1. The lowest BCUT2D eigenvalue weighted by Crippen LogP contribution is -2.23. The molecule has 1 aromatic heterocycles. The van der Waals surface area contributed by atoms with Gasteiger partial charge >= 0.3 is 5.97 Å². The van der Waals surface area contributed by atoms with Gasteiger partial charge < -0.3 is 4.74 Å². The van der Waals surface area contributed by atoms with Crippen molar-refractivity contribution in [2.24, 2.45) is 0 Å². The number of hydrogen-bond donors (Lipinski definition) is 0. The Morgan fingerprint density at radius 3 is 3.00 bits per heavy atom. The minimum atomic E-state index is -0.364. The predicted octanol–water partition coefficient (Wildman–Crippen LogP) is 0.449. The number of aryl methyl sites for hydroxylation is 1. The Bertz CT molecular complexity index is 423. The fourth-order valence-corrected chi connectivity index (χ4v) is 1.03. The van der Waals surface area contributed by atoms with Crippen molar-refractivity contribution in [2.75, 3.05) is 7.11 Å². The Kier molecular flexibility index (Phi) is 3.79. The van der Waals surface area contributed by atoms with Crippen LogP contribution in [0, 0.1) is 0 Å². The number of carbonyl (C=O) groups is 1. The first-order valence-corrected chi connectivity index (χ1v) is 4.44. The first-order chi connectivity index (χ1) is 7.17. The Balaban J connectivity index is 2.74. The molecule has 1 heterocycles. The van der Waals surface area contributed by atoms with E-state index >= 15 is 0 Å². The maximum atomic E-state index is 11.4. The highest BCUT2D eigenvalue weighted by Gasteiger charge is 2.03. The van der Waals surface area contributed by atoms with Crippen LogP contribution in [0.2, 0.25) is 0 Å². The monoisotopic (exact) mass is 208 g/mol. The number of methoxy groups -OCH3 is 1. The normalized spacial score (nSPS) is 9.67. The zero-order valence-electron chi connectivity index (χ0n) is 8.47. The van der Waals surface area contributed by atoms with Crippen molar-refractivity contribution in [2.45, 2.75) is 13.0 Å². The summed E-state index contributed by atoms with van der Waals surface area (Å²) in [5.74, 6) is -0.364. The minimum absolute atomic E-state index is 0.136. The number of rotatable bonds is 4. The third-order valence-electron chi connectivity index (χ3n) is 1.88. The number of esters is 1. The summed E-state index contributed by atoms with van der Waals surface area (Å²) in [6.07, 6.45) is 3.20. The molecule has 15 heavy (non-hydrogen) atoms. The van der Waals surface area contributed by atoms with Crippen molar-refractivity contribution in [1.29, 1.82) is 0 Å². The summed E-state index contributed by atoms with van der Waals surface area (Å²) in [6.45, 7) is 3.75. The van der Waals surface area contributed by atoms with Crippen molar-refractivity contribution in [1.82, 2.24) is 9.78 Å². The molecule has 0 amide bonds. The lowest BCUT2D eigenvalue weighted by molar-refractivity contribution is -0.140. The van der Waals surface area contributed by atoms with Crippen LogP contribution in [0.1, 0.15) is 12.0 Å². The zero-order chi connectivity index (χ0) is 11.3. The molecule has 5 heteroatoms. The second-order valence-electron chi connectivity index (χ2n) is 2.88. The molecule has 0 saturated heterocycles. The number of ether oxygens (including phenoxy) is 1. The van der Waals surface area contributed by atoms with E-state index in [4.69, 9.17) is 0 Å². The highest BCUT2D eigenvalue weighted by Crippen LogP contribution is 1.94. The fourth-order valence-electron chi connectivity index (χ4n) is 1.03. The van der Waals surface area contributed by atoms with Crippen molar-refractivity contribution < 1.29 is 9.53 Å². The molecule has 5 nitrogen and oxygen atoms in total. The Morgan fingerprint density at radius 2 is 2.47 bits per heavy atom. The van der Waals surface area contributed by atoms with E-state index in [1.54, 1.807) is 6.08 Å². The summed E-state index contributed by atoms with van der Waals surface area (Å²) in [5.41, 5.74) is 0.408. The number of nitrogens with zero attached hydrogens (tertiary/aromatic N) is 2. The lowest BCUT2D eigenvalue weighted by atomic mass is 10.3. The van der Waals surface area contributed by atoms with Gasteiger partial charge in [-0.05, 0) is 5.56 Å². The van der Waals surface area contributed by atoms with E-state index in [0.717, 1.165) is 0 Å². The molecule has 0 bridgehead atoms. The van der Waals surface area contributed by atoms with E-state index in [0.29, 0.717) is 5.56 Å². The highest BCUT2D eigenvalue weighted by atomic mass is 16.5. The minimum Gasteiger partial charge on any atom is -0.469 e. The molecule has 0 aliphatic heterocycles. The van der Waals surface area contributed by atoms with Gasteiger partial charge in [0.1, 0.15) is 0 Å². The van der Waals surface area contributed by atoms with Crippen LogP contribution in [0.15, 0.2) is 23.6 Å². The van der Waals surface area contributed by atoms with Gasteiger partial charge in [-0.2, -0.15) is 5.10 Å². The van der Waals surface area contributed by atoms with Crippen molar-refractivity contribution in [3.05, 3.63) is 34.8 Å². The molecular formula is C10H12N2O3. The van der Waals surface area contributed by atoms with Crippen LogP contribution in [0.4, 0.5) is 0 Å². The molecular weight excluding hydrogens is 196 g/mol. The lowest BCUT2D eigenvalue weighted by Gasteiger charge is -2.02. The maximum Gasteiger partial charge on any atom is 0.307 e. The van der Waals surface area contributed by atoms with E-state index in [2.05, 4.69) is 16.4 Å². The number of hydrogen-bond acceptors (Lipinski definition) is 4. The van der Waals surface area contributed by atoms with Gasteiger partial charge in [0.15, 0.2) is 0 Å². The van der Waals surface area contributed by atoms with Gasteiger partial charge in [0.2, 0.25) is 0 Å². The van der Waals surface area contributed by atoms with Crippen LogP contribution in [0.5, 0.6) is 0 Å². The fraction of sp³-hybridized carbons (Fsp3) is 0.300. The summed E-state index contributed by atoms with van der Waals surface area (Å²) >= 11 is 0. The summed E-state index contributed by atoms with van der Waals surface area (Å²) in [7, 11) is 1.30. The predicted molar refractivity (Wildman–Crippen MR) is 55.2 cm³/mol. The smallest absolute Gasteiger partial charge is 0.307 e. The summed E-state index contributed by atoms with van der Waals surface area (Å²) in [4.78, 5) is 22.2. The zero-order valence-corrected chi connectivity index (χ0v) is 8.47. The molecule has 0 aliphatic rings. The molecule has 0 unspecified atom stereocenters. The van der Waals surface area contributed by atoms with E-state index in [-0.39, 0.29) is 24.5 Å². The topological polar surface area (TPSA) is 61.2 Å². The molecule has 0 atom stereocenters. The molecule has 80 valence electrons. The van der Waals surface area contributed by atoms with Gasteiger partial charge in [-0.3, -0.25) is 9.59 Å². The van der Waals surface area contributed by atoms with E-state index in [9.17, 15) is 9.59 Å². The molecule has 0 saturated carbocycles. The Labute approximate surface area is 87.0 Å².